The topological polar surface area (TPSA) is 108 Å². The summed E-state index contributed by atoms with van der Waals surface area (Å²) < 4.78 is 13.6. The van der Waals surface area contributed by atoms with Gasteiger partial charge in [-0.25, -0.2) is 14.2 Å². The molecule has 0 spiro atoms. The quantitative estimate of drug-likeness (QED) is 0.530. The lowest BCUT2D eigenvalue weighted by Crippen LogP contribution is -2.52. The molecule has 0 saturated heterocycles. The fourth-order valence-electron chi connectivity index (χ4n) is 2.57. The first-order valence-corrected chi connectivity index (χ1v) is 9.19. The van der Waals surface area contributed by atoms with E-state index in [1.807, 2.05) is 0 Å². The van der Waals surface area contributed by atoms with E-state index in [0.29, 0.717) is 15.7 Å². The molecule has 0 radical (unpaired) electrons. The lowest BCUT2D eigenvalue weighted by atomic mass is 10.0. The molecule has 2 amide bonds. The van der Waals surface area contributed by atoms with Gasteiger partial charge in [-0.1, -0.05) is 18.2 Å². The highest BCUT2D eigenvalue weighted by atomic mass is 79.9. The minimum Gasteiger partial charge on any atom is -0.480 e. The van der Waals surface area contributed by atoms with E-state index >= 15 is 0 Å². The summed E-state index contributed by atoms with van der Waals surface area (Å²) in [7, 11) is 0. The number of carboxylic acid groups (broad SMARTS) is 1. The molecule has 0 fully saturated rings. The lowest BCUT2D eigenvalue weighted by Gasteiger charge is -2.21. The normalized spacial score (nSPS) is 12.7. The molecule has 0 aliphatic rings. The highest BCUT2D eigenvalue weighted by Crippen LogP contribution is 2.15. The molecule has 0 unspecified atom stereocenters. The summed E-state index contributed by atoms with van der Waals surface area (Å²) in [6, 6.07) is 6.64. The second-order valence-electron chi connectivity index (χ2n) is 6.14. The van der Waals surface area contributed by atoms with Gasteiger partial charge >= 0.3 is 5.97 Å². The number of aliphatic carboxylic acids is 1. The van der Waals surface area contributed by atoms with Gasteiger partial charge in [-0.15, -0.1) is 0 Å². The van der Waals surface area contributed by atoms with Crippen molar-refractivity contribution < 1.29 is 23.9 Å². The van der Waals surface area contributed by atoms with Gasteiger partial charge in [0, 0.05) is 26.0 Å². The molecule has 1 heterocycles. The zero-order valence-corrected chi connectivity index (χ0v) is 16.6. The Balaban J connectivity index is 2.14. The van der Waals surface area contributed by atoms with Crippen LogP contribution in [0.25, 0.3) is 0 Å². The van der Waals surface area contributed by atoms with Gasteiger partial charge in [-0.3, -0.25) is 9.59 Å². The van der Waals surface area contributed by atoms with Crippen molar-refractivity contribution in [1.29, 1.82) is 0 Å². The molecule has 0 saturated carbocycles. The average Bonchev–Trinajstić information content (AvgIpc) is 2.63. The number of amides is 2. The van der Waals surface area contributed by atoms with E-state index in [-0.39, 0.29) is 12.8 Å². The first-order chi connectivity index (χ1) is 13.3. The van der Waals surface area contributed by atoms with Crippen LogP contribution in [0.15, 0.2) is 47.2 Å². The number of nitrogens with one attached hydrogen (secondary N) is 2. The number of pyridine rings is 1. The summed E-state index contributed by atoms with van der Waals surface area (Å²) >= 11 is 3.25. The van der Waals surface area contributed by atoms with Crippen molar-refractivity contribution >= 4 is 33.7 Å². The first kappa shape index (κ1) is 21.5. The van der Waals surface area contributed by atoms with Crippen LogP contribution in [0.2, 0.25) is 0 Å². The van der Waals surface area contributed by atoms with E-state index < -0.39 is 35.7 Å². The number of benzene rings is 1. The molecule has 1 aromatic heterocycles. The molecule has 28 heavy (non-hydrogen) atoms. The Morgan fingerprint density at radius 1 is 1.11 bits per heavy atom. The van der Waals surface area contributed by atoms with Crippen LogP contribution in [0.3, 0.4) is 0 Å². The number of hydrogen-bond acceptors (Lipinski definition) is 4. The van der Waals surface area contributed by atoms with Crippen LogP contribution >= 0.6 is 15.9 Å². The van der Waals surface area contributed by atoms with E-state index in [4.69, 9.17) is 0 Å². The Morgan fingerprint density at radius 2 is 1.79 bits per heavy atom. The monoisotopic (exact) mass is 451 g/mol. The molecule has 0 aliphatic heterocycles. The summed E-state index contributed by atoms with van der Waals surface area (Å²) in [5.74, 6) is -2.72. The SMILES string of the molecule is CC(=O)N[C@H](Cc1ccc(F)cc1)C(=O)N[C@H](Cc1cccnc1Br)C(=O)O. The third-order valence-corrected chi connectivity index (χ3v) is 4.64. The number of hydrogen-bond donors (Lipinski definition) is 3. The summed E-state index contributed by atoms with van der Waals surface area (Å²) in [6.45, 7) is 1.26. The van der Waals surface area contributed by atoms with Crippen molar-refractivity contribution in [2.75, 3.05) is 0 Å². The predicted octanol–water partition coefficient (Wildman–Crippen LogP) is 1.84. The molecule has 2 rings (SSSR count). The van der Waals surface area contributed by atoms with Crippen molar-refractivity contribution in [1.82, 2.24) is 15.6 Å². The number of nitrogens with zero attached hydrogens (tertiary/aromatic N) is 1. The zero-order valence-electron chi connectivity index (χ0n) is 15.0. The van der Waals surface area contributed by atoms with E-state index in [1.54, 1.807) is 18.3 Å². The largest absolute Gasteiger partial charge is 0.480 e. The van der Waals surface area contributed by atoms with Crippen molar-refractivity contribution in [3.05, 3.63) is 64.1 Å². The second-order valence-corrected chi connectivity index (χ2v) is 6.89. The van der Waals surface area contributed by atoms with E-state index in [9.17, 15) is 23.9 Å². The molecule has 148 valence electrons. The number of halogens is 2. The Labute approximate surface area is 169 Å². The molecule has 2 aromatic rings. The number of carbonyl (C=O) groups is 3. The van der Waals surface area contributed by atoms with Gasteiger partial charge in [0.05, 0.1) is 0 Å². The van der Waals surface area contributed by atoms with Crippen LogP contribution in [0.5, 0.6) is 0 Å². The highest BCUT2D eigenvalue weighted by molar-refractivity contribution is 9.10. The van der Waals surface area contributed by atoms with Gasteiger partial charge in [0.2, 0.25) is 11.8 Å². The van der Waals surface area contributed by atoms with Crippen LogP contribution in [0.4, 0.5) is 4.39 Å². The molecule has 0 aliphatic carbocycles. The summed E-state index contributed by atoms with van der Waals surface area (Å²) in [5, 5.41) is 14.4. The molecule has 0 bridgehead atoms. The standard InChI is InChI=1S/C19H19BrFN3O4/c1-11(25)23-15(9-12-4-6-14(21)7-5-12)18(26)24-16(19(27)28)10-13-3-2-8-22-17(13)20/h2-8,15-16H,9-10H2,1H3,(H,23,25)(H,24,26)(H,27,28)/t15-,16-/m1/s1. The Hall–Kier alpha value is -2.81. The van der Waals surface area contributed by atoms with E-state index in [2.05, 4.69) is 31.5 Å². The van der Waals surface area contributed by atoms with Crippen LogP contribution < -0.4 is 10.6 Å². The Kier molecular flexibility index (Phi) is 7.62. The molecule has 9 heteroatoms. The van der Waals surface area contributed by atoms with Crippen molar-refractivity contribution in [2.24, 2.45) is 0 Å². The molecule has 2 atom stereocenters. The van der Waals surface area contributed by atoms with Crippen LogP contribution in [-0.4, -0.2) is 40.0 Å². The van der Waals surface area contributed by atoms with Crippen LogP contribution in [0.1, 0.15) is 18.1 Å². The lowest BCUT2D eigenvalue weighted by molar-refractivity contribution is -0.142. The van der Waals surface area contributed by atoms with Crippen molar-refractivity contribution in [2.45, 2.75) is 31.8 Å². The first-order valence-electron chi connectivity index (χ1n) is 8.40. The molecular formula is C19H19BrFN3O4. The summed E-state index contributed by atoms with van der Waals surface area (Å²) in [4.78, 5) is 39.8. The maximum atomic E-state index is 13.1. The van der Waals surface area contributed by atoms with Gasteiger partial charge in [0.25, 0.3) is 0 Å². The van der Waals surface area contributed by atoms with Gasteiger partial charge in [0.15, 0.2) is 0 Å². The predicted molar refractivity (Wildman–Crippen MR) is 103 cm³/mol. The average molecular weight is 452 g/mol. The van der Waals surface area contributed by atoms with Crippen molar-refractivity contribution in [3.63, 3.8) is 0 Å². The van der Waals surface area contributed by atoms with Gasteiger partial charge in [-0.05, 0) is 45.3 Å². The molecule has 7 nitrogen and oxygen atoms in total. The fourth-order valence-corrected chi connectivity index (χ4v) is 2.99. The van der Waals surface area contributed by atoms with Gasteiger partial charge < -0.3 is 15.7 Å². The van der Waals surface area contributed by atoms with E-state index in [0.717, 1.165) is 0 Å². The molecule has 3 N–H and O–H groups in total. The number of aromatic nitrogens is 1. The fraction of sp³-hybridized carbons (Fsp3) is 0.263. The van der Waals surface area contributed by atoms with Crippen molar-refractivity contribution in [3.8, 4) is 0 Å². The Bertz CT molecular complexity index is 861. The summed E-state index contributed by atoms with van der Waals surface area (Å²) in [5.41, 5.74) is 1.24. The van der Waals surface area contributed by atoms with Gasteiger partial charge in [0.1, 0.15) is 22.5 Å². The minimum atomic E-state index is -1.22. The maximum absolute atomic E-state index is 13.1. The number of rotatable bonds is 8. The maximum Gasteiger partial charge on any atom is 0.326 e. The second kappa shape index (κ2) is 9.93. The molecule has 1 aromatic carbocycles. The number of carboxylic acids is 1. The third kappa shape index (κ3) is 6.41. The highest BCUT2D eigenvalue weighted by Gasteiger charge is 2.27. The minimum absolute atomic E-state index is 0.0127. The third-order valence-electron chi connectivity index (χ3n) is 3.92. The van der Waals surface area contributed by atoms with E-state index in [1.165, 1.54) is 31.2 Å². The Morgan fingerprint density at radius 3 is 2.36 bits per heavy atom. The summed E-state index contributed by atoms with van der Waals surface area (Å²) in [6.07, 6.45) is 1.66. The smallest absolute Gasteiger partial charge is 0.326 e. The van der Waals surface area contributed by atoms with Crippen LogP contribution in [-0.2, 0) is 27.2 Å². The zero-order chi connectivity index (χ0) is 20.7. The number of carbonyl (C=O) groups excluding carboxylic acids is 2. The van der Waals surface area contributed by atoms with Crippen LogP contribution in [0, 0.1) is 5.82 Å². The molecular weight excluding hydrogens is 433 g/mol. The van der Waals surface area contributed by atoms with Gasteiger partial charge in [-0.2, -0.15) is 0 Å².